The Morgan fingerprint density at radius 1 is 1.29 bits per heavy atom. The van der Waals surface area contributed by atoms with Gasteiger partial charge in [0.1, 0.15) is 0 Å². The molecule has 1 amide bonds. The predicted molar refractivity (Wildman–Crippen MR) is 54.0 cm³/mol. The van der Waals surface area contributed by atoms with Crippen LogP contribution >= 0.6 is 0 Å². The lowest BCUT2D eigenvalue weighted by Crippen LogP contribution is -2.35. The Balaban J connectivity index is 2.07. The third-order valence-electron chi connectivity index (χ3n) is 2.55. The van der Waals surface area contributed by atoms with Crippen molar-refractivity contribution in [2.75, 3.05) is 13.1 Å². The zero-order chi connectivity index (χ0) is 9.80. The van der Waals surface area contributed by atoms with Crippen molar-refractivity contribution in [3.05, 3.63) is 30.1 Å². The first-order chi connectivity index (χ1) is 6.88. The van der Waals surface area contributed by atoms with Crippen LogP contribution in [0.4, 0.5) is 0 Å². The van der Waals surface area contributed by atoms with Gasteiger partial charge in [0.05, 0.1) is 5.56 Å². The number of hydrogen-bond donors (Lipinski definition) is 0. The van der Waals surface area contributed by atoms with Gasteiger partial charge in [-0.2, -0.15) is 0 Å². The van der Waals surface area contributed by atoms with Crippen LogP contribution in [-0.4, -0.2) is 28.9 Å². The van der Waals surface area contributed by atoms with Crippen LogP contribution in [0.2, 0.25) is 0 Å². The molecule has 0 unspecified atom stereocenters. The molecule has 0 radical (unpaired) electrons. The molecule has 1 aromatic rings. The Hall–Kier alpha value is -1.38. The third kappa shape index (κ3) is 1.92. The van der Waals surface area contributed by atoms with Crippen LogP contribution in [-0.2, 0) is 0 Å². The Morgan fingerprint density at radius 2 is 2.07 bits per heavy atom. The molecule has 74 valence electrons. The standard InChI is InChI=1S/C11H14N2O/c14-11(10-5-4-6-12-9-10)13-7-2-1-3-8-13/h4-6,9H,1-3,7-8H2. The van der Waals surface area contributed by atoms with Crippen molar-refractivity contribution in [3.63, 3.8) is 0 Å². The minimum atomic E-state index is 0.123. The highest BCUT2D eigenvalue weighted by Crippen LogP contribution is 2.12. The summed E-state index contributed by atoms with van der Waals surface area (Å²) in [6.45, 7) is 1.79. The third-order valence-corrected chi connectivity index (χ3v) is 2.55. The van der Waals surface area contributed by atoms with E-state index in [0.717, 1.165) is 25.9 Å². The van der Waals surface area contributed by atoms with Crippen molar-refractivity contribution in [3.8, 4) is 0 Å². The molecule has 1 fully saturated rings. The van der Waals surface area contributed by atoms with Crippen molar-refractivity contribution in [2.24, 2.45) is 0 Å². The average Bonchev–Trinajstić information content (AvgIpc) is 2.30. The van der Waals surface area contributed by atoms with Crippen molar-refractivity contribution in [2.45, 2.75) is 19.3 Å². The lowest BCUT2D eigenvalue weighted by atomic mass is 10.1. The maximum Gasteiger partial charge on any atom is 0.255 e. The zero-order valence-corrected chi connectivity index (χ0v) is 8.15. The van der Waals surface area contributed by atoms with E-state index in [1.807, 2.05) is 11.0 Å². The van der Waals surface area contributed by atoms with Gasteiger partial charge in [0, 0.05) is 25.5 Å². The molecule has 0 N–H and O–H groups in total. The van der Waals surface area contributed by atoms with Gasteiger partial charge in [0.2, 0.25) is 0 Å². The lowest BCUT2D eigenvalue weighted by Gasteiger charge is -2.26. The number of carbonyl (C=O) groups excluding carboxylic acids is 1. The summed E-state index contributed by atoms with van der Waals surface area (Å²) in [6, 6.07) is 3.63. The quantitative estimate of drug-likeness (QED) is 0.675. The number of piperidine rings is 1. The Kier molecular flexibility index (Phi) is 2.77. The minimum Gasteiger partial charge on any atom is -0.339 e. The van der Waals surface area contributed by atoms with Crippen LogP contribution in [0.15, 0.2) is 24.5 Å². The second-order valence-electron chi connectivity index (χ2n) is 3.59. The molecule has 3 nitrogen and oxygen atoms in total. The van der Waals surface area contributed by atoms with Gasteiger partial charge in [0.25, 0.3) is 5.91 Å². The number of likely N-dealkylation sites (tertiary alicyclic amines) is 1. The molecule has 3 heteroatoms. The molecule has 2 heterocycles. The monoisotopic (exact) mass is 190 g/mol. The van der Waals surface area contributed by atoms with Crippen LogP contribution in [0.25, 0.3) is 0 Å². The highest BCUT2D eigenvalue weighted by atomic mass is 16.2. The average molecular weight is 190 g/mol. The second-order valence-corrected chi connectivity index (χ2v) is 3.59. The summed E-state index contributed by atoms with van der Waals surface area (Å²) in [5.41, 5.74) is 0.703. The Labute approximate surface area is 83.8 Å². The Bertz CT molecular complexity index is 304. The molecule has 1 aromatic heterocycles. The molecule has 1 aliphatic rings. The van der Waals surface area contributed by atoms with Crippen molar-refractivity contribution >= 4 is 5.91 Å². The van der Waals surface area contributed by atoms with Gasteiger partial charge < -0.3 is 4.90 Å². The van der Waals surface area contributed by atoms with E-state index in [-0.39, 0.29) is 5.91 Å². The normalized spacial score (nSPS) is 16.7. The zero-order valence-electron chi connectivity index (χ0n) is 8.15. The number of carbonyl (C=O) groups is 1. The fraction of sp³-hybridized carbons (Fsp3) is 0.455. The van der Waals surface area contributed by atoms with E-state index in [9.17, 15) is 4.79 Å². The predicted octanol–water partition coefficient (Wildman–Crippen LogP) is 1.71. The second kappa shape index (κ2) is 4.22. The van der Waals surface area contributed by atoms with Crippen molar-refractivity contribution in [1.29, 1.82) is 0 Å². The highest BCUT2D eigenvalue weighted by molar-refractivity contribution is 5.93. The van der Waals surface area contributed by atoms with E-state index in [4.69, 9.17) is 0 Å². The molecular weight excluding hydrogens is 176 g/mol. The summed E-state index contributed by atoms with van der Waals surface area (Å²) >= 11 is 0. The van der Waals surface area contributed by atoms with Gasteiger partial charge in [0.15, 0.2) is 0 Å². The van der Waals surface area contributed by atoms with Crippen molar-refractivity contribution < 1.29 is 4.79 Å². The van der Waals surface area contributed by atoms with E-state index in [0.29, 0.717) is 5.56 Å². The first-order valence-electron chi connectivity index (χ1n) is 5.07. The van der Waals surface area contributed by atoms with E-state index >= 15 is 0 Å². The minimum absolute atomic E-state index is 0.123. The van der Waals surface area contributed by atoms with E-state index in [2.05, 4.69) is 4.98 Å². The first kappa shape index (κ1) is 9.19. The van der Waals surface area contributed by atoms with Crippen LogP contribution < -0.4 is 0 Å². The molecule has 0 aromatic carbocycles. The van der Waals surface area contributed by atoms with Crippen LogP contribution in [0.3, 0.4) is 0 Å². The molecule has 0 spiro atoms. The molecule has 1 aliphatic heterocycles. The summed E-state index contributed by atoms with van der Waals surface area (Å²) in [7, 11) is 0. The molecule has 14 heavy (non-hydrogen) atoms. The number of aromatic nitrogens is 1. The van der Waals surface area contributed by atoms with Crippen molar-refractivity contribution in [1.82, 2.24) is 9.88 Å². The summed E-state index contributed by atoms with van der Waals surface area (Å²) < 4.78 is 0. The molecule has 0 atom stereocenters. The molecule has 0 aliphatic carbocycles. The number of hydrogen-bond acceptors (Lipinski definition) is 2. The topological polar surface area (TPSA) is 33.2 Å². The van der Waals surface area contributed by atoms with E-state index < -0.39 is 0 Å². The molecule has 0 bridgehead atoms. The number of pyridine rings is 1. The van der Waals surface area contributed by atoms with Crippen LogP contribution in [0.1, 0.15) is 29.6 Å². The van der Waals surface area contributed by atoms with Crippen LogP contribution in [0, 0.1) is 0 Å². The lowest BCUT2D eigenvalue weighted by molar-refractivity contribution is 0.0724. The van der Waals surface area contributed by atoms with Crippen LogP contribution in [0.5, 0.6) is 0 Å². The molecule has 0 saturated carbocycles. The van der Waals surface area contributed by atoms with E-state index in [1.54, 1.807) is 18.5 Å². The number of nitrogens with zero attached hydrogens (tertiary/aromatic N) is 2. The molecule has 1 saturated heterocycles. The summed E-state index contributed by atoms with van der Waals surface area (Å²) in [5.74, 6) is 0.123. The molecular formula is C11H14N2O. The molecule has 2 rings (SSSR count). The summed E-state index contributed by atoms with van der Waals surface area (Å²) in [6.07, 6.45) is 6.83. The van der Waals surface area contributed by atoms with Gasteiger partial charge in [-0.25, -0.2) is 0 Å². The number of rotatable bonds is 1. The highest BCUT2D eigenvalue weighted by Gasteiger charge is 2.17. The fourth-order valence-electron chi connectivity index (χ4n) is 1.77. The van der Waals surface area contributed by atoms with E-state index in [1.165, 1.54) is 6.42 Å². The first-order valence-corrected chi connectivity index (χ1v) is 5.07. The SMILES string of the molecule is O=C(c1cccnc1)N1CCCCC1. The largest absolute Gasteiger partial charge is 0.339 e. The van der Waals surface area contributed by atoms with Gasteiger partial charge in [-0.3, -0.25) is 9.78 Å². The van der Waals surface area contributed by atoms with Gasteiger partial charge in [-0.15, -0.1) is 0 Å². The maximum absolute atomic E-state index is 11.9. The summed E-state index contributed by atoms with van der Waals surface area (Å²) in [5, 5.41) is 0. The van der Waals surface area contributed by atoms with Gasteiger partial charge in [-0.1, -0.05) is 0 Å². The smallest absolute Gasteiger partial charge is 0.255 e. The number of amides is 1. The summed E-state index contributed by atoms with van der Waals surface area (Å²) in [4.78, 5) is 17.8. The Morgan fingerprint density at radius 3 is 2.71 bits per heavy atom. The van der Waals surface area contributed by atoms with Gasteiger partial charge in [-0.05, 0) is 31.4 Å². The van der Waals surface area contributed by atoms with Gasteiger partial charge >= 0.3 is 0 Å². The maximum atomic E-state index is 11.9. The fourth-order valence-corrected chi connectivity index (χ4v) is 1.77.